The molecule has 0 bridgehead atoms. The highest BCUT2D eigenvalue weighted by Crippen LogP contribution is 2.20. The molecule has 0 radical (unpaired) electrons. The number of aromatic nitrogens is 1. The molecule has 1 aromatic heterocycles. The summed E-state index contributed by atoms with van der Waals surface area (Å²) in [6.45, 7) is 6.50. The molecular formula is C11H20ClN3OS. The Labute approximate surface area is 113 Å². The molecule has 0 aliphatic carbocycles. The van der Waals surface area contributed by atoms with Crippen molar-refractivity contribution in [3.8, 4) is 0 Å². The average molecular weight is 278 g/mol. The molecule has 6 heteroatoms. The van der Waals surface area contributed by atoms with Crippen LogP contribution >= 0.6 is 23.7 Å². The minimum atomic E-state index is -0.408. The molecule has 1 aromatic rings. The first-order valence-corrected chi connectivity index (χ1v) is 6.47. The lowest BCUT2D eigenvalue weighted by atomic mass is 10.1. The molecule has 1 heterocycles. The number of rotatable bonds is 5. The Bertz CT molecular complexity index is 356. The molecule has 4 nitrogen and oxygen atoms in total. The smallest absolute Gasteiger partial charge is 0.245 e. The second kappa shape index (κ2) is 7.63. The van der Waals surface area contributed by atoms with Gasteiger partial charge in [0.2, 0.25) is 5.91 Å². The molecule has 0 spiro atoms. The van der Waals surface area contributed by atoms with Gasteiger partial charge in [-0.15, -0.1) is 23.7 Å². The van der Waals surface area contributed by atoms with Gasteiger partial charge in [0.05, 0.1) is 11.7 Å². The molecule has 0 aliphatic rings. The molecule has 0 fully saturated rings. The zero-order valence-corrected chi connectivity index (χ0v) is 12.1. The van der Waals surface area contributed by atoms with Gasteiger partial charge in [0.1, 0.15) is 0 Å². The number of hydrogen-bond donors (Lipinski definition) is 1. The molecular weight excluding hydrogens is 258 g/mol. The van der Waals surface area contributed by atoms with Crippen molar-refractivity contribution in [1.29, 1.82) is 0 Å². The van der Waals surface area contributed by atoms with E-state index in [1.165, 1.54) is 11.3 Å². The molecule has 2 N–H and O–H groups in total. The van der Waals surface area contributed by atoms with Gasteiger partial charge in [-0.1, -0.05) is 13.3 Å². The second-order valence-electron chi connectivity index (χ2n) is 3.75. The van der Waals surface area contributed by atoms with E-state index in [0.29, 0.717) is 6.54 Å². The predicted octanol–water partition coefficient (Wildman–Crippen LogP) is 2.35. The Morgan fingerprint density at radius 3 is 2.65 bits per heavy atom. The van der Waals surface area contributed by atoms with Crippen molar-refractivity contribution < 1.29 is 4.79 Å². The number of nitrogens with zero attached hydrogens (tertiary/aromatic N) is 2. The van der Waals surface area contributed by atoms with Gasteiger partial charge in [-0.25, -0.2) is 4.98 Å². The number of hydrogen-bond acceptors (Lipinski definition) is 4. The van der Waals surface area contributed by atoms with Crippen molar-refractivity contribution in [2.75, 3.05) is 11.4 Å². The fraction of sp³-hybridized carbons (Fsp3) is 0.636. The molecule has 17 heavy (non-hydrogen) atoms. The number of likely N-dealkylation sites (N-methyl/N-ethyl adjacent to an activating group) is 1. The highest BCUT2D eigenvalue weighted by molar-refractivity contribution is 7.14. The van der Waals surface area contributed by atoms with Crippen LogP contribution in [0.5, 0.6) is 0 Å². The number of carbonyl (C=O) groups is 1. The Balaban J connectivity index is 0.00000256. The minimum absolute atomic E-state index is 0. The summed E-state index contributed by atoms with van der Waals surface area (Å²) in [4.78, 5) is 18.0. The van der Waals surface area contributed by atoms with Gasteiger partial charge < -0.3 is 5.73 Å². The first kappa shape index (κ1) is 16.4. The van der Waals surface area contributed by atoms with E-state index in [0.717, 1.165) is 23.7 Å². The van der Waals surface area contributed by atoms with Crippen LogP contribution in [0.3, 0.4) is 0 Å². The minimum Gasteiger partial charge on any atom is -0.320 e. The monoisotopic (exact) mass is 277 g/mol. The van der Waals surface area contributed by atoms with E-state index in [-0.39, 0.29) is 18.3 Å². The third kappa shape index (κ3) is 4.26. The average Bonchev–Trinajstić information content (AvgIpc) is 2.66. The zero-order valence-electron chi connectivity index (χ0n) is 10.5. The fourth-order valence-electron chi connectivity index (χ4n) is 1.49. The Kier molecular flexibility index (Phi) is 7.34. The maximum Gasteiger partial charge on any atom is 0.245 e. The first-order chi connectivity index (χ1) is 7.60. The highest BCUT2D eigenvalue weighted by atomic mass is 35.5. The maximum absolute atomic E-state index is 12.0. The van der Waals surface area contributed by atoms with E-state index in [1.807, 2.05) is 26.2 Å². The van der Waals surface area contributed by atoms with Crippen LogP contribution in [0.1, 0.15) is 32.4 Å². The number of thiazole rings is 1. The summed E-state index contributed by atoms with van der Waals surface area (Å²) < 4.78 is 0. The Morgan fingerprint density at radius 1 is 1.59 bits per heavy atom. The molecule has 0 saturated carbocycles. The third-order valence-electron chi connectivity index (χ3n) is 2.34. The summed E-state index contributed by atoms with van der Waals surface area (Å²) >= 11 is 1.48. The zero-order chi connectivity index (χ0) is 12.1. The standard InChI is InChI=1S/C11H19N3OS.ClH/c1-4-6-9(12)10(15)14(5-2)11-13-8(3)7-16-11;/h7,9H,4-6,12H2,1-3H3;1H. The van der Waals surface area contributed by atoms with E-state index in [4.69, 9.17) is 5.73 Å². The van der Waals surface area contributed by atoms with Crippen LogP contribution in [0.4, 0.5) is 5.13 Å². The summed E-state index contributed by atoms with van der Waals surface area (Å²) in [7, 11) is 0. The van der Waals surface area contributed by atoms with Gasteiger partial charge in [-0.3, -0.25) is 9.69 Å². The van der Waals surface area contributed by atoms with Gasteiger partial charge in [0.15, 0.2) is 5.13 Å². The lowest BCUT2D eigenvalue weighted by Gasteiger charge is -2.21. The quantitative estimate of drug-likeness (QED) is 0.899. The van der Waals surface area contributed by atoms with Crippen LogP contribution in [0.15, 0.2) is 5.38 Å². The van der Waals surface area contributed by atoms with Gasteiger partial charge in [0, 0.05) is 11.9 Å². The summed E-state index contributed by atoms with van der Waals surface area (Å²) in [5, 5.41) is 2.69. The van der Waals surface area contributed by atoms with Crippen molar-refractivity contribution in [3.63, 3.8) is 0 Å². The molecule has 1 rings (SSSR count). The fourth-order valence-corrected chi connectivity index (χ4v) is 2.36. The van der Waals surface area contributed by atoms with Crippen LogP contribution in [-0.4, -0.2) is 23.5 Å². The second-order valence-corrected chi connectivity index (χ2v) is 4.59. The van der Waals surface area contributed by atoms with E-state index in [9.17, 15) is 4.79 Å². The number of amides is 1. The lowest BCUT2D eigenvalue weighted by molar-refractivity contribution is -0.119. The van der Waals surface area contributed by atoms with Crippen LogP contribution in [-0.2, 0) is 4.79 Å². The highest BCUT2D eigenvalue weighted by Gasteiger charge is 2.22. The largest absolute Gasteiger partial charge is 0.320 e. The van der Waals surface area contributed by atoms with Gasteiger partial charge >= 0.3 is 0 Å². The first-order valence-electron chi connectivity index (χ1n) is 5.59. The van der Waals surface area contributed by atoms with Crippen LogP contribution in [0, 0.1) is 6.92 Å². The summed E-state index contributed by atoms with van der Waals surface area (Å²) in [6, 6.07) is -0.408. The van der Waals surface area contributed by atoms with Crippen molar-refractivity contribution in [3.05, 3.63) is 11.1 Å². The molecule has 1 atom stereocenters. The molecule has 1 amide bonds. The number of anilines is 1. The summed E-state index contributed by atoms with van der Waals surface area (Å²) in [5.41, 5.74) is 6.77. The number of nitrogens with two attached hydrogens (primary N) is 1. The van der Waals surface area contributed by atoms with E-state index in [2.05, 4.69) is 4.98 Å². The van der Waals surface area contributed by atoms with Gasteiger partial charge in [0.25, 0.3) is 0 Å². The van der Waals surface area contributed by atoms with Crippen LogP contribution < -0.4 is 10.6 Å². The van der Waals surface area contributed by atoms with E-state index < -0.39 is 6.04 Å². The number of carbonyl (C=O) groups excluding carboxylic acids is 1. The van der Waals surface area contributed by atoms with Crippen molar-refractivity contribution in [2.45, 2.75) is 39.7 Å². The Morgan fingerprint density at radius 2 is 2.24 bits per heavy atom. The molecule has 0 aliphatic heterocycles. The van der Waals surface area contributed by atoms with E-state index >= 15 is 0 Å². The number of halogens is 1. The SMILES string of the molecule is CCCC(N)C(=O)N(CC)c1nc(C)cs1.Cl. The molecule has 0 saturated heterocycles. The van der Waals surface area contributed by atoms with Crippen molar-refractivity contribution >= 4 is 34.8 Å². The van der Waals surface area contributed by atoms with Crippen LogP contribution in [0.2, 0.25) is 0 Å². The third-order valence-corrected chi connectivity index (χ3v) is 3.32. The summed E-state index contributed by atoms with van der Waals surface area (Å²) in [6.07, 6.45) is 1.64. The van der Waals surface area contributed by atoms with Crippen molar-refractivity contribution in [2.24, 2.45) is 5.73 Å². The van der Waals surface area contributed by atoms with Crippen LogP contribution in [0.25, 0.3) is 0 Å². The van der Waals surface area contributed by atoms with Gasteiger partial charge in [-0.05, 0) is 20.3 Å². The van der Waals surface area contributed by atoms with Gasteiger partial charge in [-0.2, -0.15) is 0 Å². The summed E-state index contributed by atoms with van der Waals surface area (Å²) in [5.74, 6) is -0.0290. The molecule has 0 aromatic carbocycles. The number of aryl methyl sites for hydroxylation is 1. The maximum atomic E-state index is 12.0. The molecule has 1 unspecified atom stereocenters. The molecule has 98 valence electrons. The lowest BCUT2D eigenvalue weighted by Crippen LogP contribution is -2.43. The topological polar surface area (TPSA) is 59.2 Å². The Hall–Kier alpha value is -0.650. The predicted molar refractivity (Wildman–Crippen MR) is 75.0 cm³/mol. The van der Waals surface area contributed by atoms with E-state index in [1.54, 1.807) is 4.90 Å². The van der Waals surface area contributed by atoms with Crippen molar-refractivity contribution in [1.82, 2.24) is 4.98 Å². The normalized spacial score (nSPS) is 11.8.